The molecule has 3 rings (SSSR count). The van der Waals surface area contributed by atoms with Crippen molar-refractivity contribution in [3.8, 4) is 17.2 Å². The van der Waals surface area contributed by atoms with Crippen molar-refractivity contribution in [1.82, 2.24) is 5.32 Å². The number of ether oxygens (including phenoxy) is 3. The van der Waals surface area contributed by atoms with Crippen LogP contribution in [0.1, 0.15) is 30.5 Å². The molecule has 2 aromatic carbocycles. The molecule has 0 spiro atoms. The Morgan fingerprint density at radius 3 is 2.93 bits per heavy atom. The molecule has 27 heavy (non-hydrogen) atoms. The van der Waals surface area contributed by atoms with E-state index in [0.717, 1.165) is 27.8 Å². The summed E-state index contributed by atoms with van der Waals surface area (Å²) in [6.45, 7) is 3.07. The van der Waals surface area contributed by atoms with Crippen LogP contribution in [0, 0.1) is 0 Å². The Morgan fingerprint density at radius 1 is 1.30 bits per heavy atom. The lowest BCUT2D eigenvalue weighted by molar-refractivity contribution is -0.117. The molecule has 1 amide bonds. The summed E-state index contributed by atoms with van der Waals surface area (Å²) < 4.78 is 17.5. The molecule has 2 aromatic rings. The van der Waals surface area contributed by atoms with E-state index in [0.29, 0.717) is 24.7 Å². The second kappa shape index (κ2) is 8.95. The maximum Gasteiger partial charge on any atom is 0.244 e. The zero-order chi connectivity index (χ0) is 19.2. The smallest absolute Gasteiger partial charge is 0.244 e. The van der Waals surface area contributed by atoms with Crippen LogP contribution < -0.4 is 19.5 Å². The van der Waals surface area contributed by atoms with Crippen LogP contribution in [0.5, 0.6) is 17.2 Å². The van der Waals surface area contributed by atoms with E-state index in [4.69, 9.17) is 14.2 Å². The lowest BCUT2D eigenvalue weighted by atomic mass is 10.0. The highest BCUT2D eigenvalue weighted by Gasteiger charge is 2.22. The van der Waals surface area contributed by atoms with Gasteiger partial charge in [-0.3, -0.25) is 4.79 Å². The SMILES string of the molecule is CCOc1ccc(C=CC(=O)NC2CCOc3ccc(Br)cc32)cc1OC. The summed E-state index contributed by atoms with van der Waals surface area (Å²) in [4.78, 5) is 12.4. The maximum atomic E-state index is 12.4. The van der Waals surface area contributed by atoms with Crippen molar-refractivity contribution in [3.63, 3.8) is 0 Å². The van der Waals surface area contributed by atoms with Gasteiger partial charge in [0, 0.05) is 22.5 Å². The van der Waals surface area contributed by atoms with Gasteiger partial charge in [0.2, 0.25) is 5.91 Å². The number of benzene rings is 2. The normalized spacial score (nSPS) is 15.7. The van der Waals surface area contributed by atoms with Crippen LogP contribution in [0.25, 0.3) is 6.08 Å². The first-order valence-corrected chi connectivity index (χ1v) is 9.61. The number of carbonyl (C=O) groups is 1. The van der Waals surface area contributed by atoms with E-state index < -0.39 is 0 Å². The molecule has 0 fully saturated rings. The first-order valence-electron chi connectivity index (χ1n) is 8.82. The largest absolute Gasteiger partial charge is 0.493 e. The Labute approximate surface area is 167 Å². The van der Waals surface area contributed by atoms with Crippen molar-refractivity contribution in [2.24, 2.45) is 0 Å². The Hall–Kier alpha value is -2.47. The third-order valence-corrected chi connectivity index (χ3v) is 4.74. The fourth-order valence-electron chi connectivity index (χ4n) is 2.97. The quantitative estimate of drug-likeness (QED) is 0.683. The van der Waals surface area contributed by atoms with Gasteiger partial charge in [-0.25, -0.2) is 0 Å². The Bertz CT molecular complexity index is 850. The minimum Gasteiger partial charge on any atom is -0.493 e. The van der Waals surface area contributed by atoms with Crippen molar-refractivity contribution in [1.29, 1.82) is 0 Å². The summed E-state index contributed by atoms with van der Waals surface area (Å²) >= 11 is 3.47. The molecule has 1 unspecified atom stereocenters. The number of amides is 1. The Morgan fingerprint density at radius 2 is 2.15 bits per heavy atom. The predicted molar refractivity (Wildman–Crippen MR) is 108 cm³/mol. The fraction of sp³-hybridized carbons (Fsp3) is 0.286. The Balaban J connectivity index is 1.69. The number of nitrogens with one attached hydrogen (secondary N) is 1. The van der Waals surface area contributed by atoms with Crippen LogP contribution in [0.2, 0.25) is 0 Å². The minimum atomic E-state index is -0.152. The molecule has 0 aliphatic carbocycles. The molecule has 0 saturated heterocycles. The molecule has 0 aromatic heterocycles. The molecule has 1 aliphatic heterocycles. The fourth-order valence-corrected chi connectivity index (χ4v) is 3.35. The molecule has 1 aliphatic rings. The van der Waals surface area contributed by atoms with Gasteiger partial charge >= 0.3 is 0 Å². The molecular formula is C21H22BrNO4. The summed E-state index contributed by atoms with van der Waals surface area (Å²) in [6, 6.07) is 11.3. The van der Waals surface area contributed by atoms with Gasteiger partial charge in [-0.15, -0.1) is 0 Å². The van der Waals surface area contributed by atoms with Crippen LogP contribution in [-0.2, 0) is 4.79 Å². The lowest BCUT2D eigenvalue weighted by Crippen LogP contribution is -2.31. The first kappa shape index (κ1) is 19.3. The second-order valence-electron chi connectivity index (χ2n) is 6.06. The van der Waals surface area contributed by atoms with Crippen molar-refractivity contribution in [2.45, 2.75) is 19.4 Å². The highest BCUT2D eigenvalue weighted by atomic mass is 79.9. The zero-order valence-corrected chi connectivity index (χ0v) is 16.9. The number of hydrogen-bond acceptors (Lipinski definition) is 4. The number of methoxy groups -OCH3 is 1. The molecule has 1 heterocycles. The van der Waals surface area contributed by atoms with E-state index in [1.165, 1.54) is 6.08 Å². The molecule has 142 valence electrons. The molecular weight excluding hydrogens is 410 g/mol. The van der Waals surface area contributed by atoms with Crippen LogP contribution in [0.15, 0.2) is 46.9 Å². The summed E-state index contributed by atoms with van der Waals surface area (Å²) in [5, 5.41) is 3.05. The third kappa shape index (κ3) is 4.83. The second-order valence-corrected chi connectivity index (χ2v) is 6.97. The average molecular weight is 432 g/mol. The number of carbonyl (C=O) groups excluding carboxylic acids is 1. The zero-order valence-electron chi connectivity index (χ0n) is 15.3. The van der Waals surface area contributed by atoms with E-state index in [1.54, 1.807) is 13.2 Å². The lowest BCUT2D eigenvalue weighted by Gasteiger charge is -2.26. The van der Waals surface area contributed by atoms with Gasteiger partial charge in [0.25, 0.3) is 0 Å². The van der Waals surface area contributed by atoms with Crippen molar-refractivity contribution in [3.05, 3.63) is 58.1 Å². The minimum absolute atomic E-state index is 0.0710. The number of rotatable bonds is 6. The van der Waals surface area contributed by atoms with E-state index in [1.807, 2.05) is 43.3 Å². The maximum absolute atomic E-state index is 12.4. The summed E-state index contributed by atoms with van der Waals surface area (Å²) in [7, 11) is 1.60. The van der Waals surface area contributed by atoms with E-state index in [-0.39, 0.29) is 11.9 Å². The molecule has 0 saturated carbocycles. The summed E-state index contributed by atoms with van der Waals surface area (Å²) in [5.41, 5.74) is 1.85. The van der Waals surface area contributed by atoms with Crippen LogP contribution in [0.4, 0.5) is 0 Å². The molecule has 1 N–H and O–H groups in total. The summed E-state index contributed by atoms with van der Waals surface area (Å²) in [6.07, 6.45) is 4.02. The number of fused-ring (bicyclic) bond motifs is 1. The van der Waals surface area contributed by atoms with Crippen molar-refractivity contribution < 1.29 is 19.0 Å². The molecule has 0 radical (unpaired) electrons. The van der Waals surface area contributed by atoms with Gasteiger partial charge in [0.05, 0.1) is 26.4 Å². The first-order chi connectivity index (χ1) is 13.1. The Kier molecular flexibility index (Phi) is 6.40. The molecule has 5 nitrogen and oxygen atoms in total. The van der Waals surface area contributed by atoms with Gasteiger partial charge < -0.3 is 19.5 Å². The van der Waals surface area contributed by atoms with E-state index >= 15 is 0 Å². The van der Waals surface area contributed by atoms with Gasteiger partial charge in [0.15, 0.2) is 11.5 Å². The van der Waals surface area contributed by atoms with Gasteiger partial charge in [-0.2, -0.15) is 0 Å². The third-order valence-electron chi connectivity index (χ3n) is 4.24. The number of hydrogen-bond donors (Lipinski definition) is 1. The van der Waals surface area contributed by atoms with E-state index in [9.17, 15) is 4.79 Å². The average Bonchev–Trinajstić information content (AvgIpc) is 2.68. The molecule has 6 heteroatoms. The molecule has 0 bridgehead atoms. The van der Waals surface area contributed by atoms with Crippen molar-refractivity contribution in [2.75, 3.05) is 20.3 Å². The molecule has 1 atom stereocenters. The highest BCUT2D eigenvalue weighted by Crippen LogP contribution is 2.34. The monoisotopic (exact) mass is 431 g/mol. The van der Waals surface area contributed by atoms with Gasteiger partial charge in [-0.05, 0) is 48.9 Å². The van der Waals surface area contributed by atoms with E-state index in [2.05, 4.69) is 21.2 Å². The number of halogens is 1. The highest BCUT2D eigenvalue weighted by molar-refractivity contribution is 9.10. The topological polar surface area (TPSA) is 56.8 Å². The van der Waals surface area contributed by atoms with Crippen LogP contribution >= 0.6 is 15.9 Å². The standard InChI is InChI=1S/C21H22BrNO4/c1-3-26-19-7-4-14(12-20(19)25-2)5-9-21(24)23-17-10-11-27-18-8-6-15(22)13-16(17)18/h4-9,12-13,17H,3,10-11H2,1-2H3,(H,23,24). The predicted octanol–water partition coefficient (Wildman–Crippen LogP) is 4.51. The van der Waals surface area contributed by atoms with Gasteiger partial charge in [0.1, 0.15) is 5.75 Å². The van der Waals surface area contributed by atoms with Crippen molar-refractivity contribution >= 4 is 27.9 Å². The van der Waals surface area contributed by atoms with Gasteiger partial charge in [-0.1, -0.05) is 22.0 Å². The van der Waals surface area contributed by atoms with Crippen LogP contribution in [0.3, 0.4) is 0 Å². The van der Waals surface area contributed by atoms with Crippen LogP contribution in [-0.4, -0.2) is 26.2 Å². The summed E-state index contributed by atoms with van der Waals surface area (Å²) in [5.74, 6) is 1.99.